The number of thiophene rings is 1. The smallest absolute Gasteiger partial charge is 0.297 e. The molecular formula is C21H18ClN5O4S. The highest BCUT2D eigenvalue weighted by Gasteiger charge is 2.28. The Kier molecular flexibility index (Phi) is 5.97. The molecule has 9 nitrogen and oxygen atoms in total. The van der Waals surface area contributed by atoms with Crippen molar-refractivity contribution in [3.63, 3.8) is 0 Å². The molecule has 0 fully saturated rings. The topological polar surface area (TPSA) is 113 Å². The number of nitrogens with zero attached hydrogens (tertiary/aromatic N) is 4. The second-order valence-electron chi connectivity index (χ2n) is 6.91. The third-order valence-corrected chi connectivity index (χ3v) is 6.11. The summed E-state index contributed by atoms with van der Waals surface area (Å²) in [6.45, 7) is 0. The van der Waals surface area contributed by atoms with Crippen molar-refractivity contribution in [3.8, 4) is 5.75 Å². The molecular weight excluding hydrogens is 454 g/mol. The van der Waals surface area contributed by atoms with Gasteiger partial charge in [-0.3, -0.25) is 14.2 Å². The Morgan fingerprint density at radius 3 is 2.69 bits per heavy atom. The van der Waals surface area contributed by atoms with E-state index in [-0.39, 0.29) is 11.6 Å². The van der Waals surface area contributed by atoms with Gasteiger partial charge in [0.1, 0.15) is 12.0 Å². The predicted octanol–water partition coefficient (Wildman–Crippen LogP) is 3.67. The maximum atomic E-state index is 12.7. The van der Waals surface area contributed by atoms with Crippen LogP contribution < -0.4 is 15.8 Å². The van der Waals surface area contributed by atoms with Crippen LogP contribution in [0.2, 0.25) is 4.34 Å². The summed E-state index contributed by atoms with van der Waals surface area (Å²) in [5.41, 5.74) is 0.815. The van der Waals surface area contributed by atoms with E-state index in [1.54, 1.807) is 11.9 Å². The maximum absolute atomic E-state index is 12.7. The van der Waals surface area contributed by atoms with Gasteiger partial charge < -0.3 is 19.8 Å². The number of halogens is 1. The third kappa shape index (κ3) is 3.97. The highest BCUT2D eigenvalue weighted by Crippen LogP contribution is 2.37. The van der Waals surface area contributed by atoms with Gasteiger partial charge in [-0.1, -0.05) is 47.1 Å². The van der Waals surface area contributed by atoms with Gasteiger partial charge in [0.2, 0.25) is 11.7 Å². The lowest BCUT2D eigenvalue weighted by atomic mass is 10.00. The van der Waals surface area contributed by atoms with Crippen molar-refractivity contribution in [3.05, 3.63) is 85.7 Å². The van der Waals surface area contributed by atoms with Crippen LogP contribution in [0.1, 0.15) is 27.7 Å². The summed E-state index contributed by atoms with van der Waals surface area (Å²) in [5.74, 6) is -1.37. The fraction of sp³-hybridized carbons (Fsp3) is 0.143. The van der Waals surface area contributed by atoms with Crippen molar-refractivity contribution in [2.45, 2.75) is 6.04 Å². The number of benzene rings is 1. The van der Waals surface area contributed by atoms with Crippen molar-refractivity contribution >= 4 is 40.5 Å². The van der Waals surface area contributed by atoms with E-state index in [2.05, 4.69) is 20.0 Å². The van der Waals surface area contributed by atoms with E-state index in [9.17, 15) is 14.7 Å². The van der Waals surface area contributed by atoms with Gasteiger partial charge in [-0.2, -0.15) is 0 Å². The molecule has 4 rings (SSSR count). The quantitative estimate of drug-likeness (QED) is 0.441. The maximum Gasteiger partial charge on any atom is 0.297 e. The molecule has 3 aromatic heterocycles. The highest BCUT2D eigenvalue weighted by molar-refractivity contribution is 7.14. The number of carbonyl (C=O) groups is 1. The zero-order chi connectivity index (χ0) is 22.8. The van der Waals surface area contributed by atoms with Crippen molar-refractivity contribution in [1.82, 2.24) is 14.7 Å². The predicted molar refractivity (Wildman–Crippen MR) is 122 cm³/mol. The van der Waals surface area contributed by atoms with E-state index in [1.807, 2.05) is 41.8 Å². The lowest BCUT2D eigenvalue weighted by Gasteiger charge is -2.31. The SMILES string of the molecule is CN(c1nc(C(=O)Nc2cnoc2)c(O)c(=O)n1C)C(c1ccccc1)c1ccsc1Cl. The summed E-state index contributed by atoms with van der Waals surface area (Å²) in [4.78, 5) is 31.5. The molecule has 11 heteroatoms. The van der Waals surface area contributed by atoms with Crippen molar-refractivity contribution < 1.29 is 14.4 Å². The van der Waals surface area contributed by atoms with Crippen LogP contribution in [-0.4, -0.2) is 32.8 Å². The first-order chi connectivity index (χ1) is 15.4. The van der Waals surface area contributed by atoms with Crippen LogP contribution in [0.5, 0.6) is 5.75 Å². The molecule has 1 unspecified atom stereocenters. The number of carbonyl (C=O) groups excluding carboxylic acids is 1. The number of amides is 1. The van der Waals surface area contributed by atoms with E-state index in [1.165, 1.54) is 35.4 Å². The number of nitrogens with one attached hydrogen (secondary N) is 1. The van der Waals surface area contributed by atoms with Crippen molar-refractivity contribution in [2.24, 2.45) is 7.05 Å². The molecule has 0 bridgehead atoms. The van der Waals surface area contributed by atoms with Gasteiger partial charge in [-0.25, -0.2) is 4.98 Å². The van der Waals surface area contributed by atoms with E-state index in [4.69, 9.17) is 11.6 Å². The Hall–Kier alpha value is -3.63. The minimum absolute atomic E-state index is 0.166. The standard InChI is InChI=1S/C21H18ClN5O4S/c1-26(16(12-6-4-3-5-7-12)14-8-9-32-18(14)22)21-25-15(17(28)20(30)27(21)2)19(29)24-13-10-23-31-11-13/h3-11,16,28H,1-2H3,(H,24,29). The van der Waals surface area contributed by atoms with Gasteiger partial charge >= 0.3 is 0 Å². The van der Waals surface area contributed by atoms with Gasteiger partial charge in [-0.05, 0) is 17.0 Å². The van der Waals surface area contributed by atoms with E-state index in [0.717, 1.165) is 11.1 Å². The molecule has 0 saturated heterocycles. The van der Waals surface area contributed by atoms with Crippen LogP contribution in [0.15, 0.2) is 63.6 Å². The Morgan fingerprint density at radius 1 is 1.31 bits per heavy atom. The van der Waals surface area contributed by atoms with Crippen molar-refractivity contribution in [2.75, 3.05) is 17.3 Å². The number of rotatable bonds is 6. The third-order valence-electron chi connectivity index (χ3n) is 4.91. The normalized spacial score (nSPS) is 11.8. The second-order valence-corrected chi connectivity index (χ2v) is 8.43. The van der Waals surface area contributed by atoms with Gasteiger partial charge in [0.05, 0.1) is 16.6 Å². The molecule has 0 saturated carbocycles. The molecule has 2 N–H and O–H groups in total. The molecule has 0 aliphatic heterocycles. The van der Waals surface area contributed by atoms with Gasteiger partial charge in [0, 0.05) is 19.7 Å². The summed E-state index contributed by atoms with van der Waals surface area (Å²) in [7, 11) is 3.21. The number of aromatic hydroxyl groups is 1. The lowest BCUT2D eigenvalue weighted by Crippen LogP contribution is -2.34. The first-order valence-corrected chi connectivity index (χ1v) is 10.7. The number of aromatic nitrogens is 3. The summed E-state index contributed by atoms with van der Waals surface area (Å²) in [6.07, 6.45) is 2.50. The largest absolute Gasteiger partial charge is 0.501 e. The fourth-order valence-corrected chi connectivity index (χ4v) is 4.34. The Morgan fingerprint density at radius 2 is 2.06 bits per heavy atom. The molecule has 1 aromatic carbocycles. The van der Waals surface area contributed by atoms with Gasteiger partial charge in [0.25, 0.3) is 11.5 Å². The van der Waals surface area contributed by atoms with Crippen LogP contribution in [-0.2, 0) is 7.05 Å². The molecule has 32 heavy (non-hydrogen) atoms. The molecule has 0 aliphatic carbocycles. The second kappa shape index (κ2) is 8.85. The van der Waals surface area contributed by atoms with E-state index in [0.29, 0.717) is 4.34 Å². The summed E-state index contributed by atoms with van der Waals surface area (Å²) < 4.78 is 6.47. The zero-order valence-electron chi connectivity index (χ0n) is 17.0. The van der Waals surface area contributed by atoms with Crippen LogP contribution >= 0.6 is 22.9 Å². The number of anilines is 2. The summed E-state index contributed by atoms with van der Waals surface area (Å²) >= 11 is 7.85. The Bertz CT molecular complexity index is 1300. The lowest BCUT2D eigenvalue weighted by molar-refractivity contribution is 0.101. The molecule has 1 amide bonds. The number of hydrogen-bond donors (Lipinski definition) is 2. The molecule has 1 atom stereocenters. The molecule has 164 valence electrons. The monoisotopic (exact) mass is 471 g/mol. The molecule has 0 radical (unpaired) electrons. The molecule has 3 heterocycles. The van der Waals surface area contributed by atoms with E-state index >= 15 is 0 Å². The highest BCUT2D eigenvalue weighted by atomic mass is 35.5. The zero-order valence-corrected chi connectivity index (χ0v) is 18.6. The fourth-order valence-electron chi connectivity index (χ4n) is 3.37. The Balaban J connectivity index is 1.82. The summed E-state index contributed by atoms with van der Waals surface area (Å²) in [5, 5.41) is 18.2. The minimum atomic E-state index is -0.775. The van der Waals surface area contributed by atoms with Crippen LogP contribution in [0.25, 0.3) is 0 Å². The van der Waals surface area contributed by atoms with Gasteiger partial charge in [0.15, 0.2) is 5.69 Å². The first kappa shape index (κ1) is 21.6. The average molecular weight is 472 g/mol. The minimum Gasteiger partial charge on any atom is -0.501 e. The molecule has 0 aliphatic rings. The van der Waals surface area contributed by atoms with Crippen molar-refractivity contribution in [1.29, 1.82) is 0 Å². The van der Waals surface area contributed by atoms with E-state index < -0.39 is 29.0 Å². The van der Waals surface area contributed by atoms with Crippen LogP contribution in [0.4, 0.5) is 11.6 Å². The number of hydrogen-bond acceptors (Lipinski definition) is 8. The first-order valence-electron chi connectivity index (χ1n) is 9.40. The van der Waals surface area contributed by atoms with Gasteiger partial charge in [-0.15, -0.1) is 11.3 Å². The van der Waals surface area contributed by atoms with Crippen LogP contribution in [0, 0.1) is 0 Å². The average Bonchev–Trinajstić information content (AvgIpc) is 3.45. The molecule has 0 spiro atoms. The van der Waals surface area contributed by atoms with Crippen LogP contribution in [0.3, 0.4) is 0 Å². The summed E-state index contributed by atoms with van der Waals surface area (Å²) in [6, 6.07) is 11.1. The molecule has 4 aromatic rings. The Labute approximate surface area is 191 Å².